The average molecular weight is 170 g/mol. The normalized spacial score (nSPS) is 33.0. The molecule has 2 N–H and O–H groups in total. The summed E-state index contributed by atoms with van der Waals surface area (Å²) in [7, 11) is 0. The van der Waals surface area contributed by atoms with Crippen molar-refractivity contribution in [2.45, 2.75) is 18.5 Å². The van der Waals surface area contributed by atoms with Crippen molar-refractivity contribution in [2.24, 2.45) is 0 Å². The minimum Gasteiger partial charge on any atom is -0.480 e. The molecule has 12 heavy (non-hydrogen) atoms. The first-order valence-electron chi connectivity index (χ1n) is 3.93. The number of nitrogens with zero attached hydrogens (tertiary/aromatic N) is 1. The van der Waals surface area contributed by atoms with E-state index in [0.717, 1.165) is 6.42 Å². The van der Waals surface area contributed by atoms with Crippen LogP contribution in [0.2, 0.25) is 0 Å². The van der Waals surface area contributed by atoms with E-state index in [1.807, 2.05) is 0 Å². The molecule has 5 nitrogen and oxygen atoms in total. The summed E-state index contributed by atoms with van der Waals surface area (Å²) in [5.74, 6) is -1.01. The molecule has 0 aromatic heterocycles. The Bertz CT molecular complexity index is 235. The van der Waals surface area contributed by atoms with Crippen LogP contribution in [-0.2, 0) is 9.59 Å². The third-order valence-corrected chi connectivity index (χ3v) is 2.33. The van der Waals surface area contributed by atoms with Gasteiger partial charge in [0.2, 0.25) is 5.91 Å². The maximum Gasteiger partial charge on any atom is 0.323 e. The number of fused-ring (bicyclic) bond motifs is 2. The first-order valence-corrected chi connectivity index (χ1v) is 3.93. The Kier molecular flexibility index (Phi) is 1.54. The molecule has 0 aliphatic carbocycles. The molecule has 0 radical (unpaired) electrons. The predicted molar refractivity (Wildman–Crippen MR) is 39.5 cm³/mol. The zero-order chi connectivity index (χ0) is 8.72. The van der Waals surface area contributed by atoms with Crippen LogP contribution < -0.4 is 5.32 Å². The Morgan fingerprint density at radius 3 is 2.92 bits per heavy atom. The van der Waals surface area contributed by atoms with E-state index in [2.05, 4.69) is 5.32 Å². The van der Waals surface area contributed by atoms with E-state index in [-0.39, 0.29) is 18.5 Å². The van der Waals surface area contributed by atoms with Crippen LogP contribution in [0, 0.1) is 0 Å². The molecule has 3 heterocycles. The number of carbonyl (C=O) groups is 2. The van der Waals surface area contributed by atoms with Crippen molar-refractivity contribution in [1.29, 1.82) is 0 Å². The molecule has 3 aliphatic rings. The summed E-state index contributed by atoms with van der Waals surface area (Å²) in [6.45, 7) is 0.384. The van der Waals surface area contributed by atoms with Gasteiger partial charge < -0.3 is 15.3 Å². The van der Waals surface area contributed by atoms with E-state index in [9.17, 15) is 9.59 Å². The van der Waals surface area contributed by atoms with E-state index < -0.39 is 5.97 Å². The molecule has 0 spiro atoms. The molecule has 3 rings (SSSR count). The summed E-state index contributed by atoms with van der Waals surface area (Å²) in [5.41, 5.74) is 0. The van der Waals surface area contributed by atoms with Gasteiger partial charge in [0.15, 0.2) is 0 Å². The number of hydrogen-bond donors (Lipinski definition) is 2. The van der Waals surface area contributed by atoms with Crippen molar-refractivity contribution < 1.29 is 14.7 Å². The highest BCUT2D eigenvalue weighted by atomic mass is 16.4. The number of piperidine rings is 1. The Morgan fingerprint density at radius 2 is 2.42 bits per heavy atom. The second-order valence-electron chi connectivity index (χ2n) is 3.26. The number of carboxylic acid groups (broad SMARTS) is 1. The minimum absolute atomic E-state index is 0.0695. The molecular formula is C7H10N2O3. The van der Waals surface area contributed by atoms with Gasteiger partial charge in [-0.3, -0.25) is 9.59 Å². The Labute approximate surface area is 69.3 Å². The molecule has 3 saturated heterocycles. The summed E-state index contributed by atoms with van der Waals surface area (Å²) < 4.78 is 0. The Morgan fingerprint density at radius 1 is 1.75 bits per heavy atom. The van der Waals surface area contributed by atoms with Gasteiger partial charge in [0.1, 0.15) is 6.54 Å². The highest BCUT2D eigenvalue weighted by Gasteiger charge is 2.43. The standard InChI is InChI=1S/C7H10N2O3/c10-6(11)3-9-2-4-1-5(8-4)7(9)12/h4-5,8H,1-3H2,(H,10,11). The molecule has 0 aromatic carbocycles. The topological polar surface area (TPSA) is 69.6 Å². The van der Waals surface area contributed by atoms with E-state index in [1.165, 1.54) is 4.90 Å². The quantitative estimate of drug-likeness (QED) is 0.537. The van der Waals surface area contributed by atoms with E-state index in [0.29, 0.717) is 12.6 Å². The summed E-state index contributed by atoms with van der Waals surface area (Å²) in [5, 5.41) is 11.5. The molecular weight excluding hydrogens is 160 g/mol. The van der Waals surface area contributed by atoms with Crippen molar-refractivity contribution in [3.05, 3.63) is 0 Å². The lowest BCUT2D eigenvalue weighted by Crippen LogP contribution is -2.70. The smallest absolute Gasteiger partial charge is 0.323 e. The molecule has 2 atom stereocenters. The van der Waals surface area contributed by atoms with Crippen molar-refractivity contribution >= 4 is 11.9 Å². The largest absolute Gasteiger partial charge is 0.480 e. The van der Waals surface area contributed by atoms with Gasteiger partial charge in [-0.2, -0.15) is 0 Å². The first kappa shape index (κ1) is 7.54. The highest BCUT2D eigenvalue weighted by molar-refractivity contribution is 5.87. The first-order chi connectivity index (χ1) is 5.66. The molecule has 2 unspecified atom stereocenters. The molecule has 2 bridgehead atoms. The fraction of sp³-hybridized carbons (Fsp3) is 0.714. The molecule has 0 aromatic rings. The van der Waals surface area contributed by atoms with Crippen molar-refractivity contribution in [3.63, 3.8) is 0 Å². The molecule has 0 saturated carbocycles. The van der Waals surface area contributed by atoms with Crippen LogP contribution in [0.15, 0.2) is 0 Å². The predicted octanol–water partition coefficient (Wildman–Crippen LogP) is -1.36. The van der Waals surface area contributed by atoms with Crippen LogP contribution in [0.1, 0.15) is 6.42 Å². The Balaban J connectivity index is 1.98. The zero-order valence-electron chi connectivity index (χ0n) is 6.49. The zero-order valence-corrected chi connectivity index (χ0v) is 6.49. The van der Waals surface area contributed by atoms with Crippen LogP contribution in [0.25, 0.3) is 0 Å². The fourth-order valence-corrected chi connectivity index (χ4v) is 1.73. The van der Waals surface area contributed by atoms with Crippen molar-refractivity contribution in [3.8, 4) is 0 Å². The van der Waals surface area contributed by atoms with Crippen LogP contribution in [0.4, 0.5) is 0 Å². The second-order valence-corrected chi connectivity index (χ2v) is 3.26. The molecule has 3 aliphatic heterocycles. The molecule has 5 heteroatoms. The third kappa shape index (κ3) is 1.06. The lowest BCUT2D eigenvalue weighted by atomic mass is 9.90. The SMILES string of the molecule is O=C(O)CN1CC2CC(N2)C1=O. The number of carboxylic acids is 1. The van der Waals surface area contributed by atoms with Crippen LogP contribution in [0.5, 0.6) is 0 Å². The van der Waals surface area contributed by atoms with Gasteiger partial charge in [-0.1, -0.05) is 0 Å². The van der Waals surface area contributed by atoms with Gasteiger partial charge in [0.25, 0.3) is 0 Å². The second kappa shape index (κ2) is 2.45. The molecule has 66 valence electrons. The van der Waals surface area contributed by atoms with Crippen LogP contribution in [-0.4, -0.2) is 47.1 Å². The fourth-order valence-electron chi connectivity index (χ4n) is 1.73. The molecule has 3 fully saturated rings. The maximum absolute atomic E-state index is 11.3. The third-order valence-electron chi connectivity index (χ3n) is 2.33. The van der Waals surface area contributed by atoms with E-state index in [4.69, 9.17) is 5.11 Å². The van der Waals surface area contributed by atoms with Gasteiger partial charge in [-0.15, -0.1) is 0 Å². The number of carbonyl (C=O) groups excluding carboxylic acids is 1. The number of hydrogen-bond acceptors (Lipinski definition) is 3. The highest BCUT2D eigenvalue weighted by Crippen LogP contribution is 2.21. The molecule has 1 amide bonds. The maximum atomic E-state index is 11.3. The summed E-state index contributed by atoms with van der Waals surface area (Å²) in [4.78, 5) is 23.0. The summed E-state index contributed by atoms with van der Waals surface area (Å²) in [6.07, 6.45) is 0.870. The number of nitrogens with one attached hydrogen (secondary N) is 1. The van der Waals surface area contributed by atoms with Crippen LogP contribution in [0.3, 0.4) is 0 Å². The Hall–Kier alpha value is -1.10. The minimum atomic E-state index is -0.940. The van der Waals surface area contributed by atoms with Crippen LogP contribution >= 0.6 is 0 Å². The van der Waals surface area contributed by atoms with Gasteiger partial charge in [-0.05, 0) is 6.42 Å². The van der Waals surface area contributed by atoms with E-state index in [1.54, 1.807) is 0 Å². The lowest BCUT2D eigenvalue weighted by Gasteiger charge is -2.46. The van der Waals surface area contributed by atoms with Crippen molar-refractivity contribution in [2.75, 3.05) is 13.1 Å². The monoisotopic (exact) mass is 170 g/mol. The number of rotatable bonds is 2. The number of piperazine rings is 1. The van der Waals surface area contributed by atoms with Crippen molar-refractivity contribution in [1.82, 2.24) is 10.2 Å². The average Bonchev–Trinajstić information content (AvgIpc) is 1.89. The van der Waals surface area contributed by atoms with Gasteiger partial charge in [0.05, 0.1) is 6.04 Å². The number of amides is 1. The lowest BCUT2D eigenvalue weighted by molar-refractivity contribution is -0.151. The summed E-state index contributed by atoms with van der Waals surface area (Å²) in [6, 6.07) is 0.218. The van der Waals surface area contributed by atoms with Gasteiger partial charge in [-0.25, -0.2) is 0 Å². The van der Waals surface area contributed by atoms with Gasteiger partial charge in [0, 0.05) is 12.6 Å². The van der Waals surface area contributed by atoms with Gasteiger partial charge >= 0.3 is 5.97 Å². The van der Waals surface area contributed by atoms with E-state index >= 15 is 0 Å². The summed E-state index contributed by atoms with van der Waals surface area (Å²) >= 11 is 0. The number of aliphatic carboxylic acids is 1.